The van der Waals surface area contributed by atoms with Gasteiger partial charge in [0.2, 0.25) is 0 Å². The number of esters is 2. The zero-order valence-corrected chi connectivity index (χ0v) is 11.3. The summed E-state index contributed by atoms with van der Waals surface area (Å²) in [7, 11) is 0. The van der Waals surface area contributed by atoms with Crippen molar-refractivity contribution in [2.24, 2.45) is 5.92 Å². The molecule has 0 spiro atoms. The van der Waals surface area contributed by atoms with Gasteiger partial charge in [-0.2, -0.15) is 0 Å². The minimum absolute atomic E-state index is 0.165. The summed E-state index contributed by atoms with van der Waals surface area (Å²) in [4.78, 5) is 34.4. The Morgan fingerprint density at radius 2 is 1.79 bits per heavy atom. The molecule has 0 N–H and O–H groups in total. The SMILES string of the molecule is CCOC(=O)CC(=O)C1CCC(C(=O)OCC)CO1. The molecular weight excluding hydrogens is 252 g/mol. The highest BCUT2D eigenvalue weighted by Crippen LogP contribution is 2.21. The van der Waals surface area contributed by atoms with Gasteiger partial charge in [0.15, 0.2) is 5.78 Å². The highest BCUT2D eigenvalue weighted by molar-refractivity contribution is 5.98. The molecule has 0 aromatic heterocycles. The van der Waals surface area contributed by atoms with Crippen molar-refractivity contribution in [3.05, 3.63) is 0 Å². The highest BCUT2D eigenvalue weighted by Gasteiger charge is 2.32. The molecule has 1 aliphatic heterocycles. The summed E-state index contributed by atoms with van der Waals surface area (Å²) < 4.78 is 14.9. The summed E-state index contributed by atoms with van der Waals surface area (Å²) in [5, 5.41) is 0. The predicted octanol–water partition coefficient (Wildman–Crippen LogP) is 0.867. The van der Waals surface area contributed by atoms with Crippen molar-refractivity contribution < 1.29 is 28.6 Å². The van der Waals surface area contributed by atoms with E-state index in [9.17, 15) is 14.4 Å². The van der Waals surface area contributed by atoms with Gasteiger partial charge in [0.1, 0.15) is 12.5 Å². The zero-order valence-electron chi connectivity index (χ0n) is 11.3. The molecule has 1 heterocycles. The summed E-state index contributed by atoms with van der Waals surface area (Å²) >= 11 is 0. The minimum atomic E-state index is -0.616. The molecule has 0 amide bonds. The summed E-state index contributed by atoms with van der Waals surface area (Å²) in [6.07, 6.45) is 0.0811. The maximum atomic E-state index is 11.7. The standard InChI is InChI=1S/C13H20O6/c1-3-17-12(15)7-10(14)11-6-5-9(8-19-11)13(16)18-4-2/h9,11H,3-8H2,1-2H3. The van der Waals surface area contributed by atoms with Crippen molar-refractivity contribution >= 4 is 17.7 Å². The maximum absolute atomic E-state index is 11.7. The largest absolute Gasteiger partial charge is 0.466 e. The molecule has 2 atom stereocenters. The van der Waals surface area contributed by atoms with Gasteiger partial charge >= 0.3 is 11.9 Å². The second-order valence-electron chi connectivity index (χ2n) is 4.30. The van der Waals surface area contributed by atoms with Crippen LogP contribution in [0.4, 0.5) is 0 Å². The Bertz CT molecular complexity index is 330. The number of ketones is 1. The lowest BCUT2D eigenvalue weighted by Gasteiger charge is -2.26. The van der Waals surface area contributed by atoms with Gasteiger partial charge < -0.3 is 14.2 Å². The van der Waals surface area contributed by atoms with Gasteiger partial charge in [0.25, 0.3) is 0 Å². The molecule has 1 fully saturated rings. The molecule has 2 unspecified atom stereocenters. The van der Waals surface area contributed by atoms with Gasteiger partial charge in [-0.1, -0.05) is 0 Å². The van der Waals surface area contributed by atoms with E-state index in [2.05, 4.69) is 0 Å². The Hall–Kier alpha value is -1.43. The highest BCUT2D eigenvalue weighted by atomic mass is 16.5. The van der Waals surface area contributed by atoms with Crippen LogP contribution in [0.25, 0.3) is 0 Å². The van der Waals surface area contributed by atoms with Crippen molar-refractivity contribution in [1.82, 2.24) is 0 Å². The van der Waals surface area contributed by atoms with Crippen LogP contribution in [0.2, 0.25) is 0 Å². The van der Waals surface area contributed by atoms with E-state index >= 15 is 0 Å². The quantitative estimate of drug-likeness (QED) is 0.527. The van der Waals surface area contributed by atoms with Crippen LogP contribution >= 0.6 is 0 Å². The molecule has 6 nitrogen and oxygen atoms in total. The molecule has 1 aliphatic rings. The van der Waals surface area contributed by atoms with E-state index in [0.29, 0.717) is 19.4 Å². The van der Waals surface area contributed by atoms with Gasteiger partial charge in [-0.3, -0.25) is 14.4 Å². The summed E-state index contributed by atoms with van der Waals surface area (Å²) in [5.41, 5.74) is 0. The van der Waals surface area contributed by atoms with Crippen LogP contribution in [0.3, 0.4) is 0 Å². The van der Waals surface area contributed by atoms with Crippen molar-refractivity contribution in [2.45, 2.75) is 39.2 Å². The Morgan fingerprint density at radius 1 is 1.11 bits per heavy atom. The zero-order chi connectivity index (χ0) is 14.3. The van der Waals surface area contributed by atoms with Crippen LogP contribution < -0.4 is 0 Å². The van der Waals surface area contributed by atoms with Crippen molar-refractivity contribution in [2.75, 3.05) is 19.8 Å². The first-order valence-corrected chi connectivity index (χ1v) is 6.55. The number of hydrogen-bond donors (Lipinski definition) is 0. The fourth-order valence-corrected chi connectivity index (χ4v) is 1.92. The summed E-state index contributed by atoms with van der Waals surface area (Å²) in [6.45, 7) is 4.18. The molecule has 1 saturated heterocycles. The number of ether oxygens (including phenoxy) is 3. The third-order valence-corrected chi connectivity index (χ3v) is 2.88. The smallest absolute Gasteiger partial charge is 0.313 e. The average molecular weight is 272 g/mol. The van der Waals surface area contributed by atoms with E-state index in [1.54, 1.807) is 13.8 Å². The van der Waals surface area contributed by atoms with Crippen molar-refractivity contribution in [1.29, 1.82) is 0 Å². The Morgan fingerprint density at radius 3 is 2.32 bits per heavy atom. The molecule has 0 aromatic rings. The van der Waals surface area contributed by atoms with Gasteiger partial charge in [-0.25, -0.2) is 0 Å². The minimum Gasteiger partial charge on any atom is -0.466 e. The second kappa shape index (κ2) is 7.89. The Labute approximate surface area is 112 Å². The van der Waals surface area contributed by atoms with E-state index in [-0.39, 0.29) is 37.3 Å². The molecule has 0 saturated carbocycles. The number of Topliss-reactive ketones (excluding diaryl/α,β-unsaturated/α-hetero) is 1. The third-order valence-electron chi connectivity index (χ3n) is 2.88. The van der Waals surface area contributed by atoms with Crippen molar-refractivity contribution in [3.8, 4) is 0 Å². The van der Waals surface area contributed by atoms with E-state index in [1.165, 1.54) is 0 Å². The number of carbonyl (C=O) groups is 3. The van der Waals surface area contributed by atoms with E-state index in [4.69, 9.17) is 14.2 Å². The molecule has 0 radical (unpaired) electrons. The number of rotatable bonds is 6. The number of hydrogen-bond acceptors (Lipinski definition) is 6. The average Bonchev–Trinajstić information content (AvgIpc) is 2.39. The predicted molar refractivity (Wildman–Crippen MR) is 65.4 cm³/mol. The first-order valence-electron chi connectivity index (χ1n) is 6.55. The first kappa shape index (κ1) is 15.6. The number of carbonyl (C=O) groups excluding carboxylic acids is 3. The van der Waals surface area contributed by atoms with E-state index in [1.807, 2.05) is 0 Å². The maximum Gasteiger partial charge on any atom is 0.313 e. The molecule has 6 heteroatoms. The van der Waals surface area contributed by atoms with Gasteiger partial charge in [-0.05, 0) is 26.7 Å². The monoisotopic (exact) mass is 272 g/mol. The van der Waals surface area contributed by atoms with Crippen LogP contribution in [0.1, 0.15) is 33.1 Å². The van der Waals surface area contributed by atoms with Gasteiger partial charge in [0, 0.05) is 0 Å². The fraction of sp³-hybridized carbons (Fsp3) is 0.769. The molecule has 0 aromatic carbocycles. The second-order valence-corrected chi connectivity index (χ2v) is 4.30. The van der Waals surface area contributed by atoms with Gasteiger partial charge in [0.05, 0.1) is 25.7 Å². The van der Waals surface area contributed by atoms with E-state index < -0.39 is 12.1 Å². The first-order chi connectivity index (χ1) is 9.08. The lowest BCUT2D eigenvalue weighted by atomic mass is 9.96. The fourth-order valence-electron chi connectivity index (χ4n) is 1.92. The van der Waals surface area contributed by atoms with Crippen LogP contribution in [0.5, 0.6) is 0 Å². The van der Waals surface area contributed by atoms with E-state index in [0.717, 1.165) is 0 Å². The molecule has 108 valence electrons. The lowest BCUT2D eigenvalue weighted by Crippen LogP contribution is -2.36. The normalized spacial score (nSPS) is 22.6. The van der Waals surface area contributed by atoms with Gasteiger partial charge in [-0.15, -0.1) is 0 Å². The Kier molecular flexibility index (Phi) is 6.49. The van der Waals surface area contributed by atoms with Crippen LogP contribution in [-0.4, -0.2) is 43.6 Å². The molecule has 0 bridgehead atoms. The van der Waals surface area contributed by atoms with Crippen LogP contribution in [0.15, 0.2) is 0 Å². The topological polar surface area (TPSA) is 78.9 Å². The van der Waals surface area contributed by atoms with Crippen molar-refractivity contribution in [3.63, 3.8) is 0 Å². The van der Waals surface area contributed by atoms with Crippen LogP contribution in [-0.2, 0) is 28.6 Å². The Balaban J connectivity index is 2.35. The molecule has 1 rings (SSSR count). The molecule has 19 heavy (non-hydrogen) atoms. The summed E-state index contributed by atoms with van der Waals surface area (Å²) in [5.74, 6) is -1.44. The third kappa shape index (κ3) is 4.98. The van der Waals surface area contributed by atoms with Crippen LogP contribution in [0, 0.1) is 5.92 Å². The molecule has 0 aliphatic carbocycles. The molecular formula is C13H20O6. The lowest BCUT2D eigenvalue weighted by molar-refractivity contribution is -0.159. The summed E-state index contributed by atoms with van der Waals surface area (Å²) in [6, 6.07) is 0.